The highest BCUT2D eigenvalue weighted by molar-refractivity contribution is 6.02. The molecule has 2 heterocycles. The van der Waals surface area contributed by atoms with Gasteiger partial charge in [-0.15, -0.1) is 0 Å². The van der Waals surface area contributed by atoms with Crippen LogP contribution < -0.4 is 10.1 Å². The fourth-order valence-electron chi connectivity index (χ4n) is 2.31. The number of nitrogens with zero attached hydrogens (tertiary/aromatic N) is 3. The van der Waals surface area contributed by atoms with Crippen LogP contribution in [0.1, 0.15) is 16.3 Å². The zero-order valence-corrected chi connectivity index (χ0v) is 15.2. The highest BCUT2D eigenvalue weighted by Crippen LogP contribution is 2.16. The first-order valence-electron chi connectivity index (χ1n) is 8.45. The second kappa shape index (κ2) is 8.50. The Kier molecular flexibility index (Phi) is 5.87. The predicted molar refractivity (Wildman–Crippen MR) is 98.2 cm³/mol. The molecule has 0 saturated carbocycles. The molecule has 0 aliphatic heterocycles. The zero-order chi connectivity index (χ0) is 19.2. The summed E-state index contributed by atoms with van der Waals surface area (Å²) in [5.41, 5.74) is 0.597. The Morgan fingerprint density at radius 3 is 2.78 bits per heavy atom. The quantitative estimate of drug-likeness (QED) is 0.658. The van der Waals surface area contributed by atoms with Crippen LogP contribution in [0.15, 0.2) is 53.2 Å². The zero-order valence-electron chi connectivity index (χ0n) is 15.2. The number of likely N-dealkylation sites (N-methyl/N-ethyl adjacent to an activating group) is 1. The lowest BCUT2D eigenvalue weighted by Gasteiger charge is -2.08. The number of ether oxygens (including phenoxy) is 1. The number of hydrogen-bond donors (Lipinski definition) is 1. The van der Waals surface area contributed by atoms with Crippen LogP contribution in [-0.4, -0.2) is 41.2 Å². The van der Waals surface area contributed by atoms with E-state index in [4.69, 9.17) is 9.15 Å². The lowest BCUT2D eigenvalue weighted by atomic mass is 10.3. The van der Waals surface area contributed by atoms with Crippen LogP contribution in [0.3, 0.4) is 0 Å². The molecule has 0 fully saturated rings. The molecule has 1 amide bonds. The van der Waals surface area contributed by atoms with Gasteiger partial charge in [0.25, 0.3) is 5.91 Å². The van der Waals surface area contributed by atoms with Crippen LogP contribution >= 0.6 is 0 Å². The number of anilines is 1. The number of aromatic nitrogens is 2. The molecular formula is C19H21FN4O3. The second-order valence-corrected chi connectivity index (χ2v) is 6.26. The number of carbonyl (C=O) groups is 1. The highest BCUT2D eigenvalue weighted by Gasteiger charge is 2.13. The number of amides is 1. The van der Waals surface area contributed by atoms with Crippen molar-refractivity contribution in [3.63, 3.8) is 0 Å². The fourth-order valence-corrected chi connectivity index (χ4v) is 2.31. The van der Waals surface area contributed by atoms with E-state index in [0.29, 0.717) is 17.2 Å². The van der Waals surface area contributed by atoms with E-state index in [9.17, 15) is 9.18 Å². The van der Waals surface area contributed by atoms with Gasteiger partial charge < -0.3 is 19.4 Å². The third-order valence-corrected chi connectivity index (χ3v) is 3.75. The first-order valence-corrected chi connectivity index (χ1v) is 8.45. The van der Waals surface area contributed by atoms with Gasteiger partial charge in [-0.3, -0.25) is 9.48 Å². The van der Waals surface area contributed by atoms with Crippen LogP contribution in [0.5, 0.6) is 5.75 Å². The molecule has 0 atom stereocenters. The van der Waals surface area contributed by atoms with Gasteiger partial charge in [-0.25, -0.2) is 4.39 Å². The van der Waals surface area contributed by atoms with E-state index < -0.39 is 0 Å². The van der Waals surface area contributed by atoms with Gasteiger partial charge in [-0.05, 0) is 50.5 Å². The van der Waals surface area contributed by atoms with Crippen molar-refractivity contribution in [1.29, 1.82) is 0 Å². The van der Waals surface area contributed by atoms with E-state index in [1.807, 2.05) is 14.1 Å². The Morgan fingerprint density at radius 2 is 2.04 bits per heavy atom. The Hall–Kier alpha value is -3.13. The van der Waals surface area contributed by atoms with Crippen molar-refractivity contribution in [1.82, 2.24) is 14.7 Å². The SMILES string of the molecule is CN(C)CCn1cc(NC(=O)c2ccc(COc3ccc(F)cc3)o2)cn1. The number of carbonyl (C=O) groups excluding carboxylic acids is 1. The summed E-state index contributed by atoms with van der Waals surface area (Å²) in [7, 11) is 3.97. The number of furan rings is 1. The van der Waals surface area contributed by atoms with Gasteiger partial charge in [0.05, 0.1) is 18.4 Å². The molecule has 27 heavy (non-hydrogen) atoms. The summed E-state index contributed by atoms with van der Waals surface area (Å²) in [6.45, 7) is 1.72. The van der Waals surface area contributed by atoms with Crippen LogP contribution in [-0.2, 0) is 13.2 Å². The Balaban J connectivity index is 1.53. The third kappa shape index (κ3) is 5.42. The number of nitrogens with one attached hydrogen (secondary N) is 1. The van der Waals surface area contributed by atoms with Crippen molar-refractivity contribution >= 4 is 11.6 Å². The summed E-state index contributed by atoms with van der Waals surface area (Å²) in [6, 6.07) is 8.93. The summed E-state index contributed by atoms with van der Waals surface area (Å²) in [4.78, 5) is 14.3. The van der Waals surface area contributed by atoms with Gasteiger partial charge in [0.1, 0.15) is 23.9 Å². The van der Waals surface area contributed by atoms with E-state index in [1.165, 1.54) is 24.3 Å². The topological polar surface area (TPSA) is 72.5 Å². The molecule has 0 aliphatic rings. The van der Waals surface area contributed by atoms with Crippen molar-refractivity contribution in [2.45, 2.75) is 13.2 Å². The molecule has 3 rings (SSSR count). The van der Waals surface area contributed by atoms with Gasteiger partial charge in [0.2, 0.25) is 0 Å². The summed E-state index contributed by atoms with van der Waals surface area (Å²) >= 11 is 0. The molecule has 1 N–H and O–H groups in total. The maximum atomic E-state index is 12.9. The molecule has 0 radical (unpaired) electrons. The van der Waals surface area contributed by atoms with Gasteiger partial charge in [-0.2, -0.15) is 5.10 Å². The molecule has 0 spiro atoms. The van der Waals surface area contributed by atoms with Crippen LogP contribution in [0.25, 0.3) is 0 Å². The maximum Gasteiger partial charge on any atom is 0.291 e. The van der Waals surface area contributed by atoms with Crippen molar-refractivity contribution in [3.05, 3.63) is 66.1 Å². The van der Waals surface area contributed by atoms with Crippen molar-refractivity contribution in [2.24, 2.45) is 0 Å². The van der Waals surface area contributed by atoms with Gasteiger partial charge in [0, 0.05) is 12.7 Å². The van der Waals surface area contributed by atoms with E-state index in [1.54, 1.807) is 29.2 Å². The van der Waals surface area contributed by atoms with Crippen molar-refractivity contribution in [3.8, 4) is 5.75 Å². The minimum absolute atomic E-state index is 0.140. The predicted octanol–water partition coefficient (Wildman–Crippen LogP) is 3.01. The van der Waals surface area contributed by atoms with Crippen LogP contribution in [0.2, 0.25) is 0 Å². The Morgan fingerprint density at radius 1 is 1.26 bits per heavy atom. The molecular weight excluding hydrogens is 351 g/mol. The van der Waals surface area contributed by atoms with E-state index in [-0.39, 0.29) is 24.1 Å². The monoisotopic (exact) mass is 372 g/mol. The normalized spacial score (nSPS) is 11.0. The minimum atomic E-state index is -0.366. The van der Waals surface area contributed by atoms with Gasteiger partial charge >= 0.3 is 0 Å². The summed E-state index contributed by atoms with van der Waals surface area (Å²) in [6.07, 6.45) is 3.36. The lowest BCUT2D eigenvalue weighted by molar-refractivity contribution is 0.0992. The molecule has 0 saturated heterocycles. The van der Waals surface area contributed by atoms with Crippen LogP contribution in [0, 0.1) is 5.82 Å². The minimum Gasteiger partial charge on any atom is -0.486 e. The second-order valence-electron chi connectivity index (χ2n) is 6.26. The average molecular weight is 372 g/mol. The first kappa shape index (κ1) is 18.7. The number of benzene rings is 1. The Labute approximate surface area is 156 Å². The average Bonchev–Trinajstić information content (AvgIpc) is 3.29. The number of rotatable bonds is 8. The third-order valence-electron chi connectivity index (χ3n) is 3.75. The van der Waals surface area contributed by atoms with Crippen molar-refractivity contribution < 1.29 is 18.3 Å². The molecule has 0 unspecified atom stereocenters. The van der Waals surface area contributed by atoms with Gasteiger partial charge in [-0.1, -0.05) is 0 Å². The standard InChI is InChI=1S/C19H21FN4O3/c1-23(2)9-10-24-12-15(11-21-24)22-19(25)18-8-7-17(27-18)13-26-16-5-3-14(20)4-6-16/h3-8,11-12H,9-10,13H2,1-2H3,(H,22,25). The summed E-state index contributed by atoms with van der Waals surface area (Å²) in [5.74, 6) is 0.489. The first-order chi connectivity index (χ1) is 13.0. The largest absolute Gasteiger partial charge is 0.486 e. The smallest absolute Gasteiger partial charge is 0.291 e. The molecule has 0 aliphatic carbocycles. The molecule has 142 valence electrons. The molecule has 1 aromatic carbocycles. The van der Waals surface area contributed by atoms with Crippen LogP contribution in [0.4, 0.5) is 10.1 Å². The number of hydrogen-bond acceptors (Lipinski definition) is 5. The summed E-state index contributed by atoms with van der Waals surface area (Å²) < 4.78 is 25.6. The van der Waals surface area contributed by atoms with Crippen molar-refractivity contribution in [2.75, 3.05) is 26.0 Å². The lowest BCUT2D eigenvalue weighted by Crippen LogP contribution is -2.18. The van der Waals surface area contributed by atoms with E-state index in [0.717, 1.165) is 13.1 Å². The molecule has 3 aromatic rings. The fraction of sp³-hybridized carbons (Fsp3) is 0.263. The Bertz CT molecular complexity index is 887. The molecule has 8 heteroatoms. The van der Waals surface area contributed by atoms with E-state index >= 15 is 0 Å². The maximum absolute atomic E-state index is 12.9. The molecule has 0 bridgehead atoms. The van der Waals surface area contributed by atoms with E-state index in [2.05, 4.69) is 15.3 Å². The highest BCUT2D eigenvalue weighted by atomic mass is 19.1. The van der Waals surface area contributed by atoms with Gasteiger partial charge in [0.15, 0.2) is 5.76 Å². The summed E-state index contributed by atoms with van der Waals surface area (Å²) in [5, 5.41) is 6.95. The number of halogens is 1. The molecule has 7 nitrogen and oxygen atoms in total. The molecule has 2 aromatic heterocycles.